The standard InChI is InChI=1S/C22H29N5O3/c1-5-6-7-12-25-20(28)18-19(24(3)22(25)29)23-21-26(13-15(2)14-27(18)21)16-8-10-17(30-4)11-9-16/h8-11,15H,5-7,12-14H2,1-4H3/t15-/m1/s1. The number of anilines is 2. The molecule has 1 aromatic carbocycles. The number of nitrogens with zero attached hydrogens (tertiary/aromatic N) is 5. The van der Waals surface area contributed by atoms with Gasteiger partial charge < -0.3 is 14.2 Å². The molecule has 0 bridgehead atoms. The minimum Gasteiger partial charge on any atom is -0.497 e. The van der Waals surface area contributed by atoms with E-state index < -0.39 is 0 Å². The number of imidazole rings is 1. The van der Waals surface area contributed by atoms with Crippen LogP contribution in [0.15, 0.2) is 33.9 Å². The average Bonchev–Trinajstić information content (AvgIpc) is 3.13. The lowest BCUT2D eigenvalue weighted by Crippen LogP contribution is -2.40. The van der Waals surface area contributed by atoms with Gasteiger partial charge in [-0.1, -0.05) is 26.7 Å². The van der Waals surface area contributed by atoms with Gasteiger partial charge in [0.25, 0.3) is 5.56 Å². The zero-order valence-corrected chi connectivity index (χ0v) is 18.1. The molecule has 0 aliphatic carbocycles. The Bertz CT molecular complexity index is 1170. The third kappa shape index (κ3) is 3.30. The van der Waals surface area contributed by atoms with Gasteiger partial charge in [0.1, 0.15) is 5.75 Å². The third-order valence-electron chi connectivity index (χ3n) is 5.81. The topological polar surface area (TPSA) is 74.3 Å². The van der Waals surface area contributed by atoms with Gasteiger partial charge in [-0.2, -0.15) is 4.98 Å². The van der Waals surface area contributed by atoms with Gasteiger partial charge in [0.2, 0.25) is 5.95 Å². The van der Waals surface area contributed by atoms with Crippen molar-refractivity contribution in [1.82, 2.24) is 18.7 Å². The Morgan fingerprint density at radius 3 is 2.53 bits per heavy atom. The highest BCUT2D eigenvalue weighted by molar-refractivity contribution is 5.77. The minimum absolute atomic E-state index is 0.244. The maximum absolute atomic E-state index is 13.3. The van der Waals surface area contributed by atoms with Crippen molar-refractivity contribution in [3.63, 3.8) is 0 Å². The molecule has 0 saturated carbocycles. The molecule has 30 heavy (non-hydrogen) atoms. The molecule has 3 aromatic rings. The lowest BCUT2D eigenvalue weighted by atomic mass is 10.1. The number of rotatable bonds is 6. The normalized spacial score (nSPS) is 16.1. The predicted octanol–water partition coefficient (Wildman–Crippen LogP) is 2.88. The number of benzene rings is 1. The SMILES string of the molecule is CCCCCn1c(=O)c2c(nc3n2C[C@H](C)CN3c2ccc(OC)cc2)n(C)c1=O. The summed E-state index contributed by atoms with van der Waals surface area (Å²) in [5.41, 5.74) is 1.38. The van der Waals surface area contributed by atoms with Crippen LogP contribution in [0.4, 0.5) is 11.6 Å². The van der Waals surface area contributed by atoms with Gasteiger partial charge in [0, 0.05) is 32.4 Å². The van der Waals surface area contributed by atoms with Gasteiger partial charge in [-0.15, -0.1) is 0 Å². The van der Waals surface area contributed by atoms with Crippen LogP contribution in [-0.4, -0.2) is 32.3 Å². The van der Waals surface area contributed by atoms with Crippen LogP contribution in [0.5, 0.6) is 5.75 Å². The van der Waals surface area contributed by atoms with Crippen LogP contribution in [0.2, 0.25) is 0 Å². The van der Waals surface area contributed by atoms with Gasteiger partial charge in [-0.05, 0) is 36.6 Å². The van der Waals surface area contributed by atoms with Crippen LogP contribution in [0, 0.1) is 5.92 Å². The number of methoxy groups -OCH3 is 1. The van der Waals surface area contributed by atoms with E-state index in [1.165, 1.54) is 9.13 Å². The monoisotopic (exact) mass is 411 g/mol. The van der Waals surface area contributed by atoms with Gasteiger partial charge in [0.15, 0.2) is 11.2 Å². The molecule has 0 N–H and O–H groups in total. The van der Waals surface area contributed by atoms with Gasteiger partial charge >= 0.3 is 5.69 Å². The van der Waals surface area contributed by atoms with Crippen LogP contribution in [-0.2, 0) is 20.1 Å². The fraction of sp³-hybridized carbons (Fsp3) is 0.500. The number of unbranched alkanes of at least 4 members (excludes halogenated alkanes) is 2. The summed E-state index contributed by atoms with van der Waals surface area (Å²) in [6, 6.07) is 7.81. The van der Waals surface area contributed by atoms with Crippen molar-refractivity contribution in [2.75, 3.05) is 18.6 Å². The first kappa shape index (κ1) is 20.3. The second-order valence-corrected chi connectivity index (χ2v) is 8.11. The van der Waals surface area contributed by atoms with E-state index >= 15 is 0 Å². The molecule has 3 heterocycles. The molecule has 4 rings (SSSR count). The molecular weight excluding hydrogens is 382 g/mol. The molecule has 1 aliphatic rings. The molecular formula is C22H29N5O3. The van der Waals surface area contributed by atoms with E-state index in [0.29, 0.717) is 36.1 Å². The Balaban J connectivity index is 1.88. The molecule has 8 nitrogen and oxygen atoms in total. The molecule has 0 saturated heterocycles. The molecule has 1 atom stereocenters. The van der Waals surface area contributed by atoms with Crippen LogP contribution in [0.25, 0.3) is 11.2 Å². The van der Waals surface area contributed by atoms with Gasteiger partial charge in [0.05, 0.1) is 7.11 Å². The summed E-state index contributed by atoms with van der Waals surface area (Å²) in [5.74, 6) is 1.81. The summed E-state index contributed by atoms with van der Waals surface area (Å²) in [6.07, 6.45) is 2.83. The first-order chi connectivity index (χ1) is 14.5. The largest absolute Gasteiger partial charge is 0.497 e. The van der Waals surface area contributed by atoms with Gasteiger partial charge in [-0.3, -0.25) is 13.9 Å². The van der Waals surface area contributed by atoms with Crippen LogP contribution < -0.4 is 20.9 Å². The Kier molecular flexibility index (Phi) is 5.40. The second-order valence-electron chi connectivity index (χ2n) is 8.11. The molecule has 0 fully saturated rings. The number of hydrogen-bond donors (Lipinski definition) is 0. The maximum Gasteiger partial charge on any atom is 0.332 e. The number of aromatic nitrogens is 4. The van der Waals surface area contributed by atoms with Crippen molar-refractivity contribution in [2.45, 2.75) is 46.2 Å². The summed E-state index contributed by atoms with van der Waals surface area (Å²) in [7, 11) is 3.34. The Morgan fingerprint density at radius 2 is 1.87 bits per heavy atom. The lowest BCUT2D eigenvalue weighted by molar-refractivity contribution is 0.414. The molecule has 0 unspecified atom stereocenters. The summed E-state index contributed by atoms with van der Waals surface area (Å²) in [4.78, 5) is 33.0. The van der Waals surface area contributed by atoms with Crippen molar-refractivity contribution in [2.24, 2.45) is 13.0 Å². The fourth-order valence-electron chi connectivity index (χ4n) is 4.20. The van der Waals surface area contributed by atoms with Crippen molar-refractivity contribution < 1.29 is 4.74 Å². The van der Waals surface area contributed by atoms with Crippen LogP contribution in [0.1, 0.15) is 33.1 Å². The molecule has 160 valence electrons. The third-order valence-corrected chi connectivity index (χ3v) is 5.81. The summed E-state index contributed by atoms with van der Waals surface area (Å²) < 4.78 is 10.1. The average molecular weight is 412 g/mol. The zero-order chi connectivity index (χ0) is 21.4. The lowest BCUT2D eigenvalue weighted by Gasteiger charge is -2.33. The fourth-order valence-corrected chi connectivity index (χ4v) is 4.20. The highest BCUT2D eigenvalue weighted by Gasteiger charge is 2.29. The molecule has 0 radical (unpaired) electrons. The number of aryl methyl sites for hydroxylation is 1. The number of fused-ring (bicyclic) bond motifs is 3. The summed E-state index contributed by atoms with van der Waals surface area (Å²) in [5, 5.41) is 0. The van der Waals surface area contributed by atoms with E-state index in [1.54, 1.807) is 14.2 Å². The number of ether oxygens (including phenoxy) is 1. The first-order valence-electron chi connectivity index (χ1n) is 10.6. The van der Waals surface area contributed by atoms with E-state index in [4.69, 9.17) is 9.72 Å². The molecule has 1 aliphatic heterocycles. The van der Waals surface area contributed by atoms with E-state index in [-0.39, 0.29) is 11.2 Å². The smallest absolute Gasteiger partial charge is 0.332 e. The minimum atomic E-state index is -0.303. The van der Waals surface area contributed by atoms with Crippen molar-refractivity contribution >= 4 is 22.8 Å². The molecule has 0 amide bonds. The van der Waals surface area contributed by atoms with Crippen LogP contribution in [0.3, 0.4) is 0 Å². The van der Waals surface area contributed by atoms with Crippen molar-refractivity contribution in [3.05, 3.63) is 45.1 Å². The Morgan fingerprint density at radius 1 is 1.13 bits per heavy atom. The molecule has 8 heteroatoms. The maximum atomic E-state index is 13.3. The van der Waals surface area contributed by atoms with Gasteiger partial charge in [-0.25, -0.2) is 4.79 Å². The van der Waals surface area contributed by atoms with E-state index in [2.05, 4.69) is 18.7 Å². The predicted molar refractivity (Wildman–Crippen MR) is 118 cm³/mol. The highest BCUT2D eigenvalue weighted by Crippen LogP contribution is 2.33. The zero-order valence-electron chi connectivity index (χ0n) is 18.1. The summed E-state index contributed by atoms with van der Waals surface area (Å²) >= 11 is 0. The van der Waals surface area contributed by atoms with E-state index in [1.807, 2.05) is 28.8 Å². The van der Waals surface area contributed by atoms with Crippen molar-refractivity contribution in [1.29, 1.82) is 0 Å². The Hall–Kier alpha value is -3.03. The molecule has 0 spiro atoms. The van der Waals surface area contributed by atoms with E-state index in [0.717, 1.165) is 37.2 Å². The number of hydrogen-bond acceptors (Lipinski definition) is 5. The second kappa shape index (κ2) is 8.01. The highest BCUT2D eigenvalue weighted by atomic mass is 16.5. The first-order valence-corrected chi connectivity index (χ1v) is 10.6. The quantitative estimate of drug-likeness (QED) is 0.583. The van der Waals surface area contributed by atoms with E-state index in [9.17, 15) is 9.59 Å². The molecule has 2 aromatic heterocycles. The Labute approximate surface area is 175 Å². The van der Waals surface area contributed by atoms with Crippen molar-refractivity contribution in [3.8, 4) is 5.75 Å². The summed E-state index contributed by atoms with van der Waals surface area (Å²) in [6.45, 7) is 6.18. The van der Waals surface area contributed by atoms with Crippen LogP contribution >= 0.6 is 0 Å².